The normalized spacial score (nSPS) is 11.4. The molecule has 118 valence electrons. The molecule has 3 N–H and O–H groups in total. The van der Waals surface area contributed by atoms with Gasteiger partial charge in [0.15, 0.2) is 0 Å². The van der Waals surface area contributed by atoms with E-state index in [-0.39, 0.29) is 5.56 Å². The Labute approximate surface area is 128 Å². The predicted molar refractivity (Wildman–Crippen MR) is 85.8 cm³/mol. The summed E-state index contributed by atoms with van der Waals surface area (Å²) >= 11 is 0. The van der Waals surface area contributed by atoms with Crippen LogP contribution in [0.25, 0.3) is 11.3 Å². The Morgan fingerprint density at radius 1 is 1.32 bits per heavy atom. The molecule has 0 aliphatic rings. The van der Waals surface area contributed by atoms with Crippen LogP contribution in [0.4, 0.5) is 10.5 Å². The molecule has 1 aromatic carbocycles. The van der Waals surface area contributed by atoms with E-state index in [1.54, 1.807) is 24.3 Å². The lowest BCUT2D eigenvalue weighted by Gasteiger charge is -2.24. The fourth-order valence-electron chi connectivity index (χ4n) is 2.34. The van der Waals surface area contributed by atoms with Gasteiger partial charge < -0.3 is 10.5 Å². The molecule has 2 aromatic rings. The number of nitrogens with zero attached hydrogens (tertiary/aromatic N) is 1. The van der Waals surface area contributed by atoms with Crippen molar-refractivity contribution in [2.24, 2.45) is 0 Å². The number of hydrogen-bond donors (Lipinski definition) is 2. The third-order valence-corrected chi connectivity index (χ3v) is 3.34. The Kier molecular flexibility index (Phi) is 4.40. The Morgan fingerprint density at radius 3 is 2.55 bits per heavy atom. The fraction of sp³-hybridized carbons (Fsp3) is 0.375. The van der Waals surface area contributed by atoms with Crippen molar-refractivity contribution < 1.29 is 9.53 Å². The fourth-order valence-corrected chi connectivity index (χ4v) is 2.34. The number of benzene rings is 1. The number of nitrogen functional groups attached to an aromatic ring is 1. The van der Waals surface area contributed by atoms with E-state index in [1.807, 2.05) is 20.8 Å². The molecule has 0 saturated heterocycles. The molecule has 0 spiro atoms. The zero-order valence-electron chi connectivity index (χ0n) is 13.1. The molecule has 0 fully saturated rings. The minimum absolute atomic E-state index is 0.364. The quantitative estimate of drug-likeness (QED) is 0.850. The van der Waals surface area contributed by atoms with Crippen LogP contribution in [-0.4, -0.2) is 21.5 Å². The molecule has 0 aliphatic carbocycles. The molecule has 1 aromatic heterocycles. The van der Waals surface area contributed by atoms with E-state index in [2.05, 4.69) is 5.10 Å². The maximum atomic E-state index is 12.4. The van der Waals surface area contributed by atoms with Gasteiger partial charge in [0, 0.05) is 17.3 Å². The van der Waals surface area contributed by atoms with Crippen LogP contribution in [0.2, 0.25) is 0 Å². The predicted octanol–water partition coefficient (Wildman–Crippen LogP) is 2.99. The van der Waals surface area contributed by atoms with Crippen LogP contribution in [0.15, 0.2) is 35.1 Å². The highest BCUT2D eigenvalue weighted by Crippen LogP contribution is 2.22. The summed E-state index contributed by atoms with van der Waals surface area (Å²) in [4.78, 5) is 24.0. The number of nitrogens with two attached hydrogens (primary N) is 1. The summed E-state index contributed by atoms with van der Waals surface area (Å²) in [5, 5.41) is 2.48. The van der Waals surface area contributed by atoms with Gasteiger partial charge in [-0.05, 0) is 32.4 Å². The Morgan fingerprint density at radius 2 is 1.95 bits per heavy atom. The number of hydrogen-bond acceptors (Lipinski definition) is 4. The summed E-state index contributed by atoms with van der Waals surface area (Å²) in [6, 6.07) is 8.28. The van der Waals surface area contributed by atoms with Crippen molar-refractivity contribution in [2.75, 3.05) is 5.73 Å². The highest BCUT2D eigenvalue weighted by atomic mass is 16.6. The standard InChI is InChI=1S/C16H21N3O3/c1-4-9-16(2,3)22-15(21)19-13(10-14(20)18-19)11-5-7-12(17)8-6-11/h5-8,10H,4,9,17H2,1-3H3,(H,18,20). The molecule has 6 heteroatoms. The van der Waals surface area contributed by atoms with E-state index in [0.717, 1.165) is 17.5 Å². The minimum atomic E-state index is -0.604. The van der Waals surface area contributed by atoms with Gasteiger partial charge in [-0.15, -0.1) is 0 Å². The number of carbonyl (C=O) groups is 1. The molecular weight excluding hydrogens is 282 g/mol. The van der Waals surface area contributed by atoms with Crippen LogP contribution in [0.3, 0.4) is 0 Å². The maximum absolute atomic E-state index is 12.4. The second-order valence-electron chi connectivity index (χ2n) is 5.84. The molecule has 1 heterocycles. The first kappa shape index (κ1) is 15.9. The SMILES string of the molecule is CCCC(C)(C)OC(=O)n1[nH]c(=O)cc1-c1ccc(N)cc1. The monoisotopic (exact) mass is 303 g/mol. The first-order valence-electron chi connectivity index (χ1n) is 7.24. The van der Waals surface area contributed by atoms with E-state index in [1.165, 1.54) is 6.07 Å². The number of H-pyrrole nitrogens is 1. The van der Waals surface area contributed by atoms with Crippen LogP contribution in [0, 0.1) is 0 Å². The topological polar surface area (TPSA) is 90.1 Å². The van der Waals surface area contributed by atoms with Gasteiger partial charge in [-0.2, -0.15) is 4.68 Å². The number of aromatic amines is 1. The zero-order valence-corrected chi connectivity index (χ0v) is 13.1. The lowest BCUT2D eigenvalue weighted by atomic mass is 10.0. The summed E-state index contributed by atoms with van der Waals surface area (Å²) < 4.78 is 6.62. The lowest BCUT2D eigenvalue weighted by molar-refractivity contribution is 0.0314. The van der Waals surface area contributed by atoms with Gasteiger partial charge in [0.05, 0.1) is 5.69 Å². The molecule has 0 aliphatic heterocycles. The van der Waals surface area contributed by atoms with Crippen LogP contribution in [0.1, 0.15) is 33.6 Å². The van der Waals surface area contributed by atoms with E-state index in [4.69, 9.17) is 10.5 Å². The van der Waals surface area contributed by atoms with E-state index in [0.29, 0.717) is 16.9 Å². The maximum Gasteiger partial charge on any atom is 0.434 e. The van der Waals surface area contributed by atoms with Crippen molar-refractivity contribution in [3.8, 4) is 11.3 Å². The first-order chi connectivity index (χ1) is 10.3. The molecule has 22 heavy (non-hydrogen) atoms. The highest BCUT2D eigenvalue weighted by Gasteiger charge is 2.24. The van der Waals surface area contributed by atoms with Crippen LogP contribution in [-0.2, 0) is 4.74 Å². The zero-order chi connectivity index (χ0) is 16.3. The van der Waals surface area contributed by atoms with Crippen LogP contribution < -0.4 is 11.3 Å². The smallest absolute Gasteiger partial charge is 0.434 e. The Balaban J connectivity index is 2.34. The number of nitrogens with one attached hydrogen (secondary N) is 1. The molecule has 0 unspecified atom stereocenters. The third-order valence-electron chi connectivity index (χ3n) is 3.34. The van der Waals surface area contributed by atoms with Crippen molar-refractivity contribution in [1.82, 2.24) is 9.78 Å². The summed E-state index contributed by atoms with van der Waals surface area (Å²) in [7, 11) is 0. The largest absolute Gasteiger partial charge is 0.442 e. The molecule has 2 rings (SSSR count). The summed E-state index contributed by atoms with van der Waals surface area (Å²) in [6.45, 7) is 5.71. The van der Waals surface area contributed by atoms with Gasteiger partial charge >= 0.3 is 6.09 Å². The van der Waals surface area contributed by atoms with Crippen molar-refractivity contribution in [1.29, 1.82) is 0 Å². The number of aromatic nitrogens is 2. The van der Waals surface area contributed by atoms with Crippen LogP contribution >= 0.6 is 0 Å². The molecule has 0 amide bonds. The van der Waals surface area contributed by atoms with Gasteiger partial charge in [0.1, 0.15) is 5.60 Å². The van der Waals surface area contributed by atoms with Crippen molar-refractivity contribution >= 4 is 11.8 Å². The van der Waals surface area contributed by atoms with Gasteiger partial charge in [-0.1, -0.05) is 25.5 Å². The second kappa shape index (κ2) is 6.09. The van der Waals surface area contributed by atoms with Gasteiger partial charge in [0.2, 0.25) is 0 Å². The average molecular weight is 303 g/mol. The first-order valence-corrected chi connectivity index (χ1v) is 7.24. The highest BCUT2D eigenvalue weighted by molar-refractivity contribution is 5.77. The second-order valence-corrected chi connectivity index (χ2v) is 5.84. The van der Waals surface area contributed by atoms with E-state index < -0.39 is 11.7 Å². The van der Waals surface area contributed by atoms with Gasteiger partial charge in [0.25, 0.3) is 5.56 Å². The van der Waals surface area contributed by atoms with Crippen LogP contribution in [0.5, 0.6) is 0 Å². The third kappa shape index (κ3) is 3.58. The number of anilines is 1. The van der Waals surface area contributed by atoms with Gasteiger partial charge in [-0.3, -0.25) is 9.89 Å². The molecule has 0 bridgehead atoms. The Hall–Kier alpha value is -2.50. The number of ether oxygens (including phenoxy) is 1. The number of carbonyl (C=O) groups excluding carboxylic acids is 1. The van der Waals surface area contributed by atoms with Crippen molar-refractivity contribution in [3.05, 3.63) is 40.7 Å². The summed E-state index contributed by atoms with van der Waals surface area (Å²) in [5.41, 5.74) is 6.46. The Bertz CT molecular complexity index is 711. The number of rotatable bonds is 4. The molecule has 6 nitrogen and oxygen atoms in total. The molecule has 0 saturated carbocycles. The van der Waals surface area contributed by atoms with Crippen molar-refractivity contribution in [2.45, 2.75) is 39.2 Å². The van der Waals surface area contributed by atoms with E-state index in [9.17, 15) is 9.59 Å². The average Bonchev–Trinajstić information content (AvgIpc) is 2.81. The molecular formula is C16H21N3O3. The summed E-state index contributed by atoms with van der Waals surface area (Å²) in [6.07, 6.45) is 1.03. The molecule has 0 radical (unpaired) electrons. The van der Waals surface area contributed by atoms with E-state index >= 15 is 0 Å². The van der Waals surface area contributed by atoms with Crippen molar-refractivity contribution in [3.63, 3.8) is 0 Å². The van der Waals surface area contributed by atoms with Gasteiger partial charge in [-0.25, -0.2) is 4.79 Å². The summed E-state index contributed by atoms with van der Waals surface area (Å²) in [5.74, 6) is 0. The molecule has 0 atom stereocenters. The lowest BCUT2D eigenvalue weighted by Crippen LogP contribution is -2.31. The minimum Gasteiger partial charge on any atom is -0.442 e.